The van der Waals surface area contributed by atoms with Gasteiger partial charge in [0.1, 0.15) is 5.00 Å². The van der Waals surface area contributed by atoms with Crippen LogP contribution in [0.15, 0.2) is 5.51 Å². The highest BCUT2D eigenvalue weighted by Crippen LogP contribution is 2.22. The van der Waals surface area contributed by atoms with Crippen LogP contribution in [0.4, 0.5) is 5.00 Å². The fourth-order valence-corrected chi connectivity index (χ4v) is 3.27. The molecule has 0 aliphatic carbocycles. The van der Waals surface area contributed by atoms with Gasteiger partial charge in [0.2, 0.25) is 0 Å². The van der Waals surface area contributed by atoms with Crippen LogP contribution >= 0.6 is 11.3 Å². The van der Waals surface area contributed by atoms with Crippen LogP contribution in [0.3, 0.4) is 0 Å². The predicted molar refractivity (Wildman–Crippen MR) is 81.4 cm³/mol. The number of hydrogen-bond donors (Lipinski definition) is 1. The number of likely N-dealkylation sites (tertiary alicyclic amines) is 1. The Morgan fingerprint density at radius 3 is 2.95 bits per heavy atom. The van der Waals surface area contributed by atoms with Crippen LogP contribution in [0, 0.1) is 0 Å². The molecule has 2 heterocycles. The SMILES string of the molecule is CCOC(=O)c1ncsc1NC(C)CN1CCCCC1. The van der Waals surface area contributed by atoms with Gasteiger partial charge in [0, 0.05) is 12.6 Å². The highest BCUT2D eigenvalue weighted by molar-refractivity contribution is 7.14. The number of thiazole rings is 1. The standard InChI is InChI=1S/C14H23N3O2S/c1-3-19-14(18)12-13(20-10-15-12)16-11(2)9-17-7-5-4-6-8-17/h10-11,16H,3-9H2,1-2H3. The van der Waals surface area contributed by atoms with E-state index in [-0.39, 0.29) is 5.97 Å². The van der Waals surface area contributed by atoms with E-state index >= 15 is 0 Å². The van der Waals surface area contributed by atoms with Crippen molar-refractivity contribution in [2.45, 2.75) is 39.2 Å². The molecule has 1 aliphatic heterocycles. The van der Waals surface area contributed by atoms with Gasteiger partial charge in [0.05, 0.1) is 12.1 Å². The van der Waals surface area contributed by atoms with Gasteiger partial charge < -0.3 is 15.0 Å². The Morgan fingerprint density at radius 2 is 2.25 bits per heavy atom. The first-order chi connectivity index (χ1) is 9.70. The number of carbonyl (C=O) groups excluding carboxylic acids is 1. The lowest BCUT2D eigenvalue weighted by Crippen LogP contribution is -2.38. The molecule has 6 heteroatoms. The molecule has 0 bridgehead atoms. The van der Waals surface area contributed by atoms with Gasteiger partial charge in [-0.25, -0.2) is 9.78 Å². The Balaban J connectivity index is 1.88. The zero-order valence-corrected chi connectivity index (χ0v) is 13.0. The Bertz CT molecular complexity index is 430. The molecule has 5 nitrogen and oxygen atoms in total. The van der Waals surface area contributed by atoms with Crippen LogP contribution in [-0.2, 0) is 4.74 Å². The van der Waals surface area contributed by atoms with Crippen LogP contribution in [0.2, 0.25) is 0 Å². The number of rotatable bonds is 6. The lowest BCUT2D eigenvalue weighted by Gasteiger charge is -2.29. The van der Waals surface area contributed by atoms with Crippen molar-refractivity contribution in [3.63, 3.8) is 0 Å². The normalized spacial score (nSPS) is 17.7. The fraction of sp³-hybridized carbons (Fsp3) is 0.714. The molecule has 1 saturated heterocycles. The molecule has 0 spiro atoms. The molecule has 1 aliphatic rings. The summed E-state index contributed by atoms with van der Waals surface area (Å²) in [6.07, 6.45) is 3.93. The average Bonchev–Trinajstić information content (AvgIpc) is 2.88. The van der Waals surface area contributed by atoms with E-state index in [9.17, 15) is 4.79 Å². The molecule has 1 aromatic heterocycles. The molecular weight excluding hydrogens is 274 g/mol. The van der Waals surface area contributed by atoms with E-state index < -0.39 is 0 Å². The molecule has 1 N–H and O–H groups in total. The summed E-state index contributed by atoms with van der Waals surface area (Å²) in [6, 6.07) is 0.293. The zero-order valence-electron chi connectivity index (χ0n) is 12.2. The van der Waals surface area contributed by atoms with Crippen molar-refractivity contribution in [3.8, 4) is 0 Å². The summed E-state index contributed by atoms with van der Waals surface area (Å²) in [5.41, 5.74) is 2.09. The summed E-state index contributed by atoms with van der Waals surface area (Å²) in [4.78, 5) is 18.4. The Labute approximate surface area is 124 Å². The summed E-state index contributed by atoms with van der Waals surface area (Å²) in [7, 11) is 0. The van der Waals surface area contributed by atoms with Gasteiger partial charge >= 0.3 is 5.97 Å². The van der Waals surface area contributed by atoms with Gasteiger partial charge in [-0.1, -0.05) is 6.42 Å². The Morgan fingerprint density at radius 1 is 1.50 bits per heavy atom. The second-order valence-corrected chi connectivity index (χ2v) is 6.01. The molecule has 0 radical (unpaired) electrons. The third-order valence-corrected chi connectivity index (χ3v) is 4.15. The number of carbonyl (C=O) groups is 1. The van der Waals surface area contributed by atoms with Crippen molar-refractivity contribution in [1.29, 1.82) is 0 Å². The van der Waals surface area contributed by atoms with E-state index in [1.165, 1.54) is 43.7 Å². The first-order valence-electron chi connectivity index (χ1n) is 7.30. The van der Waals surface area contributed by atoms with Gasteiger partial charge in [-0.2, -0.15) is 0 Å². The molecule has 0 aromatic carbocycles. The van der Waals surface area contributed by atoms with Crippen molar-refractivity contribution in [2.24, 2.45) is 0 Å². The molecule has 1 fully saturated rings. The molecule has 1 unspecified atom stereocenters. The topological polar surface area (TPSA) is 54.5 Å². The van der Waals surface area contributed by atoms with Crippen molar-refractivity contribution >= 4 is 22.3 Å². The summed E-state index contributed by atoms with van der Waals surface area (Å²) >= 11 is 1.45. The molecule has 1 atom stereocenters. The van der Waals surface area contributed by atoms with E-state index in [4.69, 9.17) is 4.74 Å². The number of hydrogen-bond acceptors (Lipinski definition) is 6. The third kappa shape index (κ3) is 4.18. The summed E-state index contributed by atoms with van der Waals surface area (Å²) in [6.45, 7) is 7.68. The highest BCUT2D eigenvalue weighted by atomic mass is 32.1. The van der Waals surface area contributed by atoms with Gasteiger partial charge in [-0.15, -0.1) is 11.3 Å². The van der Waals surface area contributed by atoms with E-state index in [0.29, 0.717) is 18.3 Å². The minimum Gasteiger partial charge on any atom is -0.461 e. The van der Waals surface area contributed by atoms with Gasteiger partial charge in [-0.3, -0.25) is 0 Å². The second kappa shape index (κ2) is 7.59. The summed E-state index contributed by atoms with van der Waals surface area (Å²) < 4.78 is 5.01. The van der Waals surface area contributed by atoms with E-state index in [1.54, 1.807) is 12.4 Å². The van der Waals surface area contributed by atoms with Crippen LogP contribution in [0.1, 0.15) is 43.6 Å². The first-order valence-corrected chi connectivity index (χ1v) is 8.18. The average molecular weight is 297 g/mol. The van der Waals surface area contributed by atoms with E-state index in [1.807, 2.05) is 0 Å². The minimum atomic E-state index is -0.346. The van der Waals surface area contributed by atoms with Crippen molar-refractivity contribution < 1.29 is 9.53 Å². The van der Waals surface area contributed by atoms with Crippen LogP contribution in [0.5, 0.6) is 0 Å². The second-order valence-electron chi connectivity index (χ2n) is 5.16. The maximum Gasteiger partial charge on any atom is 0.360 e. The van der Waals surface area contributed by atoms with Crippen molar-refractivity contribution in [3.05, 3.63) is 11.2 Å². The summed E-state index contributed by atoms with van der Waals surface area (Å²) in [5.74, 6) is -0.346. The van der Waals surface area contributed by atoms with Crippen LogP contribution in [0.25, 0.3) is 0 Å². The molecule has 0 saturated carbocycles. The van der Waals surface area contributed by atoms with Crippen LogP contribution < -0.4 is 5.32 Å². The maximum absolute atomic E-state index is 11.8. The molecule has 0 amide bonds. The van der Waals surface area contributed by atoms with Gasteiger partial charge in [-0.05, 0) is 39.8 Å². The van der Waals surface area contributed by atoms with E-state index in [2.05, 4.69) is 22.1 Å². The maximum atomic E-state index is 11.8. The number of anilines is 1. The molecule has 112 valence electrons. The number of piperidine rings is 1. The zero-order chi connectivity index (χ0) is 14.4. The highest BCUT2D eigenvalue weighted by Gasteiger charge is 2.19. The van der Waals surface area contributed by atoms with Gasteiger partial charge in [0.15, 0.2) is 5.69 Å². The van der Waals surface area contributed by atoms with Crippen molar-refractivity contribution in [1.82, 2.24) is 9.88 Å². The number of nitrogens with zero attached hydrogens (tertiary/aromatic N) is 2. The predicted octanol–water partition coefficient (Wildman–Crippen LogP) is 2.61. The quantitative estimate of drug-likeness (QED) is 0.818. The first kappa shape index (κ1) is 15.3. The molecular formula is C14H23N3O2S. The Kier molecular flexibility index (Phi) is 5.79. The van der Waals surface area contributed by atoms with Gasteiger partial charge in [0.25, 0.3) is 0 Å². The number of ether oxygens (including phenoxy) is 1. The Hall–Kier alpha value is -1.14. The number of esters is 1. The molecule has 2 rings (SSSR count). The third-order valence-electron chi connectivity index (χ3n) is 3.39. The monoisotopic (exact) mass is 297 g/mol. The molecule has 1 aromatic rings. The fourth-order valence-electron chi connectivity index (χ4n) is 2.49. The van der Waals surface area contributed by atoms with Crippen LogP contribution in [-0.4, -0.2) is 48.1 Å². The lowest BCUT2D eigenvalue weighted by molar-refractivity contribution is 0.0521. The smallest absolute Gasteiger partial charge is 0.360 e. The number of aromatic nitrogens is 1. The number of nitrogens with one attached hydrogen (secondary N) is 1. The molecule has 20 heavy (non-hydrogen) atoms. The summed E-state index contributed by atoms with van der Waals surface area (Å²) in [5, 5.41) is 4.20. The minimum absolute atomic E-state index is 0.293. The van der Waals surface area contributed by atoms with Crippen molar-refractivity contribution in [2.75, 3.05) is 31.6 Å². The largest absolute Gasteiger partial charge is 0.461 e. The van der Waals surface area contributed by atoms with E-state index in [0.717, 1.165) is 11.5 Å². The lowest BCUT2D eigenvalue weighted by atomic mass is 10.1.